The van der Waals surface area contributed by atoms with Gasteiger partial charge < -0.3 is 10.2 Å². The zero-order valence-electron chi connectivity index (χ0n) is 8.70. The highest BCUT2D eigenvalue weighted by atomic mass is 16.3. The number of hydrogen-bond donors (Lipinski definition) is 2. The molecule has 2 heteroatoms. The lowest BCUT2D eigenvalue weighted by molar-refractivity contribution is 0.198. The number of hydrogen-bond acceptors (Lipinski definition) is 2. The van der Waals surface area contributed by atoms with Gasteiger partial charge >= 0.3 is 0 Å². The van der Waals surface area contributed by atoms with Crippen LogP contribution >= 0.6 is 0 Å². The summed E-state index contributed by atoms with van der Waals surface area (Å²) in [4.78, 5) is 0. The summed E-state index contributed by atoms with van der Waals surface area (Å²) in [5.74, 6) is 0. The summed E-state index contributed by atoms with van der Waals surface area (Å²) in [6, 6.07) is 6.09. The molecule has 0 fully saturated rings. The van der Waals surface area contributed by atoms with Crippen LogP contribution < -0.4 is 0 Å². The molecule has 2 nitrogen and oxygen atoms in total. The van der Waals surface area contributed by atoms with Crippen molar-refractivity contribution in [3.63, 3.8) is 0 Å². The van der Waals surface area contributed by atoms with Crippen LogP contribution in [-0.2, 0) is 0 Å². The molecule has 1 rings (SSSR count). The van der Waals surface area contributed by atoms with Crippen molar-refractivity contribution in [2.75, 3.05) is 7.11 Å². The molecule has 0 spiro atoms. The topological polar surface area (TPSA) is 40.5 Å². The zero-order valence-corrected chi connectivity index (χ0v) is 8.70. The van der Waals surface area contributed by atoms with Crippen LogP contribution in [0.4, 0.5) is 0 Å². The molecule has 2 N–H and O–H groups in total. The highest BCUT2D eigenvalue weighted by Gasteiger charge is 2.02. The Kier molecular flexibility index (Phi) is 5.35. The van der Waals surface area contributed by atoms with Crippen LogP contribution in [0.25, 0.3) is 0 Å². The smallest absolute Gasteiger partial charge is 0.0764 e. The van der Waals surface area contributed by atoms with Gasteiger partial charge in [-0.3, -0.25) is 0 Å². The van der Waals surface area contributed by atoms with Gasteiger partial charge in [-0.25, -0.2) is 0 Å². The molecule has 0 radical (unpaired) electrons. The van der Waals surface area contributed by atoms with Crippen LogP contribution in [0.15, 0.2) is 18.2 Å². The average Bonchev–Trinajstić information content (AvgIpc) is 2.07. The molecule has 1 aromatic carbocycles. The molecule has 0 aliphatic carbocycles. The Morgan fingerprint density at radius 1 is 1.15 bits per heavy atom. The lowest BCUT2D eigenvalue weighted by atomic mass is 10.0. The van der Waals surface area contributed by atoms with Crippen LogP contribution in [0.3, 0.4) is 0 Å². The van der Waals surface area contributed by atoms with Gasteiger partial charge in [0.2, 0.25) is 0 Å². The van der Waals surface area contributed by atoms with E-state index in [4.69, 9.17) is 5.11 Å². The standard InChI is InChI=1S/C10H14O.CH4O/c1-7-4-5-10(9(3)11)8(2)6-7;1-2/h4-6,9,11H,1-3H3;2H,1H3. The predicted molar refractivity (Wildman–Crippen MR) is 54.7 cm³/mol. The molecule has 0 bridgehead atoms. The molecule has 0 heterocycles. The minimum absolute atomic E-state index is 0.351. The van der Waals surface area contributed by atoms with E-state index in [1.165, 1.54) is 11.1 Å². The molecule has 0 saturated carbocycles. The van der Waals surface area contributed by atoms with Gasteiger partial charge in [-0.2, -0.15) is 0 Å². The number of aryl methyl sites for hydroxylation is 2. The van der Waals surface area contributed by atoms with E-state index in [9.17, 15) is 5.11 Å². The molecule has 0 aliphatic rings. The third-order valence-electron chi connectivity index (χ3n) is 1.88. The maximum Gasteiger partial charge on any atom is 0.0764 e. The van der Waals surface area contributed by atoms with Gasteiger partial charge in [-0.05, 0) is 31.9 Å². The summed E-state index contributed by atoms with van der Waals surface area (Å²) in [6.07, 6.45) is -0.351. The first-order valence-corrected chi connectivity index (χ1v) is 4.31. The summed E-state index contributed by atoms with van der Waals surface area (Å²) < 4.78 is 0. The Balaban J connectivity index is 0.000000671. The molecule has 0 aliphatic heterocycles. The first kappa shape index (κ1) is 12.1. The minimum atomic E-state index is -0.351. The first-order valence-electron chi connectivity index (χ1n) is 4.31. The van der Waals surface area contributed by atoms with Crippen molar-refractivity contribution in [3.05, 3.63) is 34.9 Å². The summed E-state index contributed by atoms with van der Waals surface area (Å²) in [5.41, 5.74) is 3.43. The Morgan fingerprint density at radius 2 is 1.69 bits per heavy atom. The van der Waals surface area contributed by atoms with E-state index in [2.05, 4.69) is 13.0 Å². The second kappa shape index (κ2) is 5.73. The fourth-order valence-electron chi connectivity index (χ4n) is 1.29. The van der Waals surface area contributed by atoms with Crippen molar-refractivity contribution >= 4 is 0 Å². The summed E-state index contributed by atoms with van der Waals surface area (Å²) in [6.45, 7) is 5.87. The fourth-order valence-corrected chi connectivity index (χ4v) is 1.29. The van der Waals surface area contributed by atoms with Gasteiger partial charge in [-0.1, -0.05) is 23.8 Å². The lowest BCUT2D eigenvalue weighted by Gasteiger charge is -2.08. The van der Waals surface area contributed by atoms with Crippen LogP contribution in [0, 0.1) is 13.8 Å². The van der Waals surface area contributed by atoms with Gasteiger partial charge in [0.25, 0.3) is 0 Å². The van der Waals surface area contributed by atoms with Crippen LogP contribution in [-0.4, -0.2) is 17.3 Å². The normalized spacial score (nSPS) is 11.5. The average molecular weight is 182 g/mol. The molecule has 0 aromatic heterocycles. The van der Waals surface area contributed by atoms with E-state index in [1.807, 2.05) is 19.1 Å². The van der Waals surface area contributed by atoms with Gasteiger partial charge in [0.1, 0.15) is 0 Å². The molecular weight excluding hydrogens is 164 g/mol. The molecule has 1 aromatic rings. The molecule has 1 unspecified atom stereocenters. The van der Waals surface area contributed by atoms with Crippen molar-refractivity contribution in [1.82, 2.24) is 0 Å². The Morgan fingerprint density at radius 3 is 2.08 bits per heavy atom. The summed E-state index contributed by atoms with van der Waals surface area (Å²) in [7, 11) is 1.00. The Bertz CT molecular complexity index is 254. The number of benzene rings is 1. The molecular formula is C11H18O2. The second-order valence-corrected chi connectivity index (χ2v) is 3.04. The van der Waals surface area contributed by atoms with E-state index in [1.54, 1.807) is 6.92 Å². The third-order valence-corrected chi connectivity index (χ3v) is 1.88. The molecule has 0 saturated heterocycles. The number of rotatable bonds is 1. The van der Waals surface area contributed by atoms with Gasteiger partial charge in [-0.15, -0.1) is 0 Å². The van der Waals surface area contributed by atoms with E-state index < -0.39 is 0 Å². The Labute approximate surface area is 79.9 Å². The maximum atomic E-state index is 9.30. The number of aliphatic hydroxyl groups is 2. The van der Waals surface area contributed by atoms with Gasteiger partial charge in [0.15, 0.2) is 0 Å². The first-order chi connectivity index (χ1) is 6.11. The molecule has 0 amide bonds. The van der Waals surface area contributed by atoms with Crippen LogP contribution in [0.1, 0.15) is 29.7 Å². The van der Waals surface area contributed by atoms with Crippen molar-refractivity contribution in [2.24, 2.45) is 0 Å². The lowest BCUT2D eigenvalue weighted by Crippen LogP contribution is -1.94. The third kappa shape index (κ3) is 3.57. The van der Waals surface area contributed by atoms with E-state index in [0.717, 1.165) is 12.7 Å². The summed E-state index contributed by atoms with van der Waals surface area (Å²) >= 11 is 0. The van der Waals surface area contributed by atoms with E-state index in [0.29, 0.717) is 0 Å². The maximum absolute atomic E-state index is 9.30. The predicted octanol–water partition coefficient (Wildman–Crippen LogP) is 1.97. The van der Waals surface area contributed by atoms with Crippen molar-refractivity contribution in [1.29, 1.82) is 0 Å². The zero-order chi connectivity index (χ0) is 10.4. The highest BCUT2D eigenvalue weighted by Crippen LogP contribution is 2.17. The SMILES string of the molecule is CO.Cc1ccc(C(C)O)c(C)c1. The van der Waals surface area contributed by atoms with Crippen LogP contribution in [0.2, 0.25) is 0 Å². The van der Waals surface area contributed by atoms with Gasteiger partial charge in [0.05, 0.1) is 6.10 Å². The molecule has 13 heavy (non-hydrogen) atoms. The van der Waals surface area contributed by atoms with Crippen molar-refractivity contribution in [3.8, 4) is 0 Å². The van der Waals surface area contributed by atoms with Crippen molar-refractivity contribution in [2.45, 2.75) is 26.9 Å². The molecule has 74 valence electrons. The monoisotopic (exact) mass is 182 g/mol. The number of aliphatic hydroxyl groups excluding tert-OH is 2. The highest BCUT2D eigenvalue weighted by molar-refractivity contribution is 5.31. The van der Waals surface area contributed by atoms with Crippen molar-refractivity contribution < 1.29 is 10.2 Å². The minimum Gasteiger partial charge on any atom is -0.400 e. The van der Waals surface area contributed by atoms with E-state index >= 15 is 0 Å². The fraction of sp³-hybridized carbons (Fsp3) is 0.455. The summed E-state index contributed by atoms with van der Waals surface area (Å²) in [5, 5.41) is 16.3. The largest absolute Gasteiger partial charge is 0.400 e. The van der Waals surface area contributed by atoms with E-state index in [-0.39, 0.29) is 6.10 Å². The second-order valence-electron chi connectivity index (χ2n) is 3.04. The van der Waals surface area contributed by atoms with Crippen LogP contribution in [0.5, 0.6) is 0 Å². The quantitative estimate of drug-likeness (QED) is 0.697. The van der Waals surface area contributed by atoms with Gasteiger partial charge in [0, 0.05) is 7.11 Å². The molecule has 1 atom stereocenters. The Hall–Kier alpha value is -0.860.